The smallest absolute Gasteiger partial charge is 0.224 e. The molecule has 1 saturated heterocycles. The quantitative estimate of drug-likeness (QED) is 0.871. The first kappa shape index (κ1) is 15.3. The summed E-state index contributed by atoms with van der Waals surface area (Å²) in [7, 11) is 1.53. The Morgan fingerprint density at radius 3 is 3.10 bits per heavy atom. The van der Waals surface area contributed by atoms with E-state index in [1.165, 1.54) is 20.0 Å². The summed E-state index contributed by atoms with van der Waals surface area (Å²) >= 11 is 0. The van der Waals surface area contributed by atoms with E-state index in [0.29, 0.717) is 29.3 Å². The largest absolute Gasteiger partial charge is 0.495 e. The van der Waals surface area contributed by atoms with E-state index in [1.54, 1.807) is 18.2 Å². The maximum atomic E-state index is 12.0. The zero-order valence-corrected chi connectivity index (χ0v) is 12.3. The average molecular weight is 287 g/mol. The first-order valence-electron chi connectivity index (χ1n) is 7.31. The molecule has 0 aromatic heterocycles. The highest BCUT2D eigenvalue weighted by Crippen LogP contribution is 2.26. The lowest BCUT2D eigenvalue weighted by molar-refractivity contribution is -0.116. The Kier molecular flexibility index (Phi) is 5.59. The Morgan fingerprint density at radius 1 is 1.57 bits per heavy atom. The lowest BCUT2D eigenvalue weighted by atomic mass is 9.94. The van der Waals surface area contributed by atoms with Gasteiger partial charge in [0, 0.05) is 12.5 Å². The van der Waals surface area contributed by atoms with Gasteiger partial charge < -0.3 is 15.4 Å². The number of carbonyl (C=O) groups excluding carboxylic acids is 1. The summed E-state index contributed by atoms with van der Waals surface area (Å²) in [6, 6.07) is 7.05. The molecule has 1 heterocycles. The van der Waals surface area contributed by atoms with E-state index in [4.69, 9.17) is 10.00 Å². The summed E-state index contributed by atoms with van der Waals surface area (Å²) in [5.74, 6) is 1.10. The number of hydrogen-bond acceptors (Lipinski definition) is 4. The van der Waals surface area contributed by atoms with Crippen LogP contribution in [0.25, 0.3) is 0 Å². The van der Waals surface area contributed by atoms with Gasteiger partial charge in [-0.3, -0.25) is 4.79 Å². The normalized spacial score (nSPS) is 17.8. The first-order valence-corrected chi connectivity index (χ1v) is 7.31. The van der Waals surface area contributed by atoms with Crippen molar-refractivity contribution in [2.45, 2.75) is 25.7 Å². The van der Waals surface area contributed by atoms with E-state index in [2.05, 4.69) is 16.7 Å². The molecule has 1 aliphatic rings. The van der Waals surface area contributed by atoms with Crippen LogP contribution >= 0.6 is 0 Å². The molecule has 1 fully saturated rings. The average Bonchev–Trinajstić information content (AvgIpc) is 2.54. The first-order chi connectivity index (χ1) is 10.2. The number of nitriles is 1. The fourth-order valence-electron chi connectivity index (χ4n) is 2.58. The third-order valence-electron chi connectivity index (χ3n) is 3.78. The molecule has 5 nitrogen and oxygen atoms in total. The van der Waals surface area contributed by atoms with E-state index in [0.717, 1.165) is 19.5 Å². The van der Waals surface area contributed by atoms with Crippen molar-refractivity contribution in [2.75, 3.05) is 25.5 Å². The Hall–Kier alpha value is -2.06. The Bertz CT molecular complexity index is 531. The van der Waals surface area contributed by atoms with E-state index < -0.39 is 0 Å². The molecule has 0 saturated carbocycles. The van der Waals surface area contributed by atoms with E-state index in [1.807, 2.05) is 0 Å². The SMILES string of the molecule is COc1cc(C#N)ccc1NC(=O)CCC1CCCNC1. The molecule has 2 N–H and O–H groups in total. The molecule has 21 heavy (non-hydrogen) atoms. The van der Waals surface area contributed by atoms with Crippen molar-refractivity contribution in [3.05, 3.63) is 23.8 Å². The molecule has 5 heteroatoms. The van der Waals surface area contributed by atoms with Gasteiger partial charge >= 0.3 is 0 Å². The van der Waals surface area contributed by atoms with Crippen LogP contribution in [0, 0.1) is 17.2 Å². The van der Waals surface area contributed by atoms with Gasteiger partial charge in [-0.2, -0.15) is 5.26 Å². The summed E-state index contributed by atoms with van der Waals surface area (Å²) in [4.78, 5) is 12.0. The van der Waals surface area contributed by atoms with Gasteiger partial charge in [-0.15, -0.1) is 0 Å². The van der Waals surface area contributed by atoms with Crippen molar-refractivity contribution in [3.8, 4) is 11.8 Å². The number of hydrogen-bond donors (Lipinski definition) is 2. The number of methoxy groups -OCH3 is 1. The molecule has 2 rings (SSSR count). The molecule has 0 radical (unpaired) electrons. The summed E-state index contributed by atoms with van der Waals surface area (Å²) < 4.78 is 5.21. The zero-order chi connectivity index (χ0) is 15.1. The summed E-state index contributed by atoms with van der Waals surface area (Å²) in [6.45, 7) is 2.10. The highest BCUT2D eigenvalue weighted by molar-refractivity contribution is 5.92. The Morgan fingerprint density at radius 2 is 2.43 bits per heavy atom. The number of rotatable bonds is 5. The van der Waals surface area contributed by atoms with Gasteiger partial charge in [0.15, 0.2) is 0 Å². The number of anilines is 1. The van der Waals surface area contributed by atoms with Crippen molar-refractivity contribution in [1.29, 1.82) is 5.26 Å². The lowest BCUT2D eigenvalue weighted by Crippen LogP contribution is -2.30. The second kappa shape index (κ2) is 7.65. The summed E-state index contributed by atoms with van der Waals surface area (Å²) in [5.41, 5.74) is 1.13. The summed E-state index contributed by atoms with van der Waals surface area (Å²) in [5, 5.41) is 15.1. The number of carbonyl (C=O) groups is 1. The van der Waals surface area contributed by atoms with Crippen LogP contribution in [0.2, 0.25) is 0 Å². The van der Waals surface area contributed by atoms with Gasteiger partial charge in [0.1, 0.15) is 5.75 Å². The maximum Gasteiger partial charge on any atom is 0.224 e. The second-order valence-corrected chi connectivity index (χ2v) is 5.33. The number of benzene rings is 1. The van der Waals surface area contributed by atoms with Crippen LogP contribution < -0.4 is 15.4 Å². The maximum absolute atomic E-state index is 12.0. The molecule has 0 bridgehead atoms. The molecular formula is C16H21N3O2. The molecule has 1 atom stereocenters. The van der Waals surface area contributed by atoms with Crippen LogP contribution in [0.1, 0.15) is 31.2 Å². The molecule has 1 aliphatic heterocycles. The van der Waals surface area contributed by atoms with Gasteiger partial charge in [-0.05, 0) is 50.4 Å². The monoisotopic (exact) mass is 287 g/mol. The highest BCUT2D eigenvalue weighted by Gasteiger charge is 2.15. The molecule has 1 aromatic rings. The van der Waals surface area contributed by atoms with E-state index in [9.17, 15) is 4.79 Å². The number of ether oxygens (including phenoxy) is 1. The molecule has 1 aromatic carbocycles. The van der Waals surface area contributed by atoms with Crippen LogP contribution in [0.3, 0.4) is 0 Å². The predicted molar refractivity (Wildman–Crippen MR) is 81.2 cm³/mol. The number of nitrogens with one attached hydrogen (secondary N) is 2. The van der Waals surface area contributed by atoms with Crippen LogP contribution in [0.4, 0.5) is 5.69 Å². The minimum absolute atomic E-state index is 0.0106. The van der Waals surface area contributed by atoms with Crippen molar-refractivity contribution in [3.63, 3.8) is 0 Å². The fourth-order valence-corrected chi connectivity index (χ4v) is 2.58. The fraction of sp³-hybridized carbons (Fsp3) is 0.500. The number of nitrogens with zero attached hydrogens (tertiary/aromatic N) is 1. The minimum Gasteiger partial charge on any atom is -0.495 e. The van der Waals surface area contributed by atoms with Gasteiger partial charge in [0.2, 0.25) is 5.91 Å². The van der Waals surface area contributed by atoms with E-state index >= 15 is 0 Å². The topological polar surface area (TPSA) is 74.1 Å². The van der Waals surface area contributed by atoms with Crippen molar-refractivity contribution < 1.29 is 9.53 Å². The van der Waals surface area contributed by atoms with Crippen molar-refractivity contribution in [2.24, 2.45) is 5.92 Å². The Labute approximate surface area is 125 Å². The van der Waals surface area contributed by atoms with Gasteiger partial charge in [-0.1, -0.05) is 0 Å². The van der Waals surface area contributed by atoms with Crippen LogP contribution in [-0.4, -0.2) is 26.1 Å². The third-order valence-corrected chi connectivity index (χ3v) is 3.78. The lowest BCUT2D eigenvalue weighted by Gasteiger charge is -2.22. The highest BCUT2D eigenvalue weighted by atomic mass is 16.5. The van der Waals surface area contributed by atoms with Crippen molar-refractivity contribution >= 4 is 11.6 Å². The van der Waals surface area contributed by atoms with Crippen molar-refractivity contribution in [1.82, 2.24) is 5.32 Å². The van der Waals surface area contributed by atoms with Crippen LogP contribution in [0.15, 0.2) is 18.2 Å². The number of amides is 1. The minimum atomic E-state index is -0.0106. The molecule has 1 unspecified atom stereocenters. The van der Waals surface area contributed by atoms with Gasteiger partial charge in [-0.25, -0.2) is 0 Å². The van der Waals surface area contributed by atoms with Crippen LogP contribution in [0.5, 0.6) is 5.75 Å². The molecule has 1 amide bonds. The van der Waals surface area contributed by atoms with E-state index in [-0.39, 0.29) is 5.91 Å². The third kappa shape index (κ3) is 4.47. The van der Waals surface area contributed by atoms with Gasteiger partial charge in [0.25, 0.3) is 0 Å². The zero-order valence-electron chi connectivity index (χ0n) is 12.3. The molecule has 0 aliphatic carbocycles. The molecular weight excluding hydrogens is 266 g/mol. The van der Waals surface area contributed by atoms with Gasteiger partial charge in [0.05, 0.1) is 24.4 Å². The summed E-state index contributed by atoms with van der Waals surface area (Å²) in [6.07, 6.45) is 3.79. The standard InChI is InChI=1S/C16H21N3O2/c1-21-15-9-13(10-17)4-6-14(15)19-16(20)7-5-12-3-2-8-18-11-12/h4,6,9,12,18H,2-3,5,7-8,11H2,1H3,(H,19,20). The molecule has 112 valence electrons. The predicted octanol–water partition coefficient (Wildman–Crippen LogP) is 2.29. The molecule has 0 spiro atoms. The number of piperidine rings is 1. The Balaban J connectivity index is 1.88. The second-order valence-electron chi connectivity index (χ2n) is 5.33. The van der Waals surface area contributed by atoms with Crippen LogP contribution in [-0.2, 0) is 4.79 Å².